The number of piperidine rings is 1. The summed E-state index contributed by atoms with van der Waals surface area (Å²) in [7, 11) is 0. The molecule has 2 aromatic heterocycles. The number of carbonyl (C=O) groups excluding carboxylic acids is 1. The number of hydrogen-bond acceptors (Lipinski definition) is 5. The number of rotatable bonds is 2. The number of para-hydroxylation sites is 1. The van der Waals surface area contributed by atoms with Crippen LogP contribution in [0.4, 0.5) is 0 Å². The Morgan fingerprint density at radius 3 is 2.96 bits per heavy atom. The fraction of sp³-hybridized carbons (Fsp3) is 0.294. The van der Waals surface area contributed by atoms with Crippen LogP contribution in [0.1, 0.15) is 29.4 Å². The number of fused-ring (bicyclic) bond motifs is 1. The molecule has 1 aliphatic heterocycles. The number of likely N-dealkylation sites (tertiary alicyclic amines) is 1. The molecule has 7 heteroatoms. The Hall–Kier alpha value is -2.96. The first-order valence-electron chi connectivity index (χ1n) is 7.90. The van der Waals surface area contributed by atoms with Crippen LogP contribution < -0.4 is 5.56 Å². The molecule has 3 heterocycles. The number of aromatic nitrogens is 3. The Kier molecular flexibility index (Phi) is 3.60. The molecule has 0 unspecified atom stereocenters. The van der Waals surface area contributed by atoms with Crippen molar-refractivity contribution in [3.05, 3.63) is 59.0 Å². The molecule has 122 valence electrons. The van der Waals surface area contributed by atoms with E-state index >= 15 is 0 Å². The minimum atomic E-state index is -0.195. The Labute approximate surface area is 137 Å². The highest BCUT2D eigenvalue weighted by atomic mass is 16.5. The minimum absolute atomic E-state index is 0.0698. The Bertz CT molecular complexity index is 932. The van der Waals surface area contributed by atoms with E-state index < -0.39 is 0 Å². The topological polar surface area (TPSA) is 81.2 Å². The quantitative estimate of drug-likeness (QED) is 0.719. The minimum Gasteiger partial charge on any atom is -0.351 e. The number of nitrogens with zero attached hydrogens (tertiary/aromatic N) is 4. The monoisotopic (exact) mass is 324 g/mol. The van der Waals surface area contributed by atoms with Crippen molar-refractivity contribution in [2.45, 2.75) is 18.9 Å². The van der Waals surface area contributed by atoms with Gasteiger partial charge >= 0.3 is 0 Å². The molecule has 0 N–H and O–H groups in total. The van der Waals surface area contributed by atoms with Crippen LogP contribution in [0.25, 0.3) is 10.9 Å². The Balaban J connectivity index is 1.64. The summed E-state index contributed by atoms with van der Waals surface area (Å²) in [6.45, 7) is 1.10. The summed E-state index contributed by atoms with van der Waals surface area (Å²) >= 11 is 0. The molecule has 24 heavy (non-hydrogen) atoms. The molecule has 1 aliphatic rings. The van der Waals surface area contributed by atoms with E-state index in [9.17, 15) is 9.59 Å². The van der Waals surface area contributed by atoms with Gasteiger partial charge in [-0.3, -0.25) is 14.2 Å². The summed E-state index contributed by atoms with van der Waals surface area (Å²) in [5.41, 5.74) is 0.615. The van der Waals surface area contributed by atoms with E-state index in [1.54, 1.807) is 27.9 Å². The summed E-state index contributed by atoms with van der Waals surface area (Å²) in [5, 5.41) is 4.17. The number of carbonyl (C=O) groups is 1. The van der Waals surface area contributed by atoms with Gasteiger partial charge in [-0.2, -0.15) is 0 Å². The summed E-state index contributed by atoms with van der Waals surface area (Å²) in [4.78, 5) is 31.2. The van der Waals surface area contributed by atoms with Gasteiger partial charge < -0.3 is 9.42 Å². The lowest BCUT2D eigenvalue weighted by Gasteiger charge is -2.33. The normalized spacial score (nSPS) is 18.0. The number of hydrogen-bond donors (Lipinski definition) is 0. The van der Waals surface area contributed by atoms with Gasteiger partial charge in [0.05, 0.1) is 29.5 Å². The van der Waals surface area contributed by atoms with Gasteiger partial charge in [-0.15, -0.1) is 0 Å². The molecule has 4 rings (SSSR count). The van der Waals surface area contributed by atoms with Crippen LogP contribution in [0.5, 0.6) is 0 Å². The van der Waals surface area contributed by atoms with Gasteiger partial charge in [-0.1, -0.05) is 17.3 Å². The van der Waals surface area contributed by atoms with Crippen LogP contribution in [0, 0.1) is 0 Å². The lowest BCUT2D eigenvalue weighted by Crippen LogP contribution is -2.42. The maximum absolute atomic E-state index is 12.7. The van der Waals surface area contributed by atoms with E-state index in [0.29, 0.717) is 24.0 Å². The average molecular weight is 324 g/mol. The third kappa shape index (κ3) is 2.47. The van der Waals surface area contributed by atoms with Crippen LogP contribution >= 0.6 is 0 Å². The van der Waals surface area contributed by atoms with E-state index in [2.05, 4.69) is 10.1 Å². The van der Waals surface area contributed by atoms with E-state index in [1.807, 2.05) is 18.2 Å². The maximum atomic E-state index is 12.7. The van der Waals surface area contributed by atoms with Crippen molar-refractivity contribution in [2.24, 2.45) is 0 Å². The molecular weight excluding hydrogens is 308 g/mol. The summed E-state index contributed by atoms with van der Waals surface area (Å²) in [6, 6.07) is 8.75. The predicted molar refractivity (Wildman–Crippen MR) is 86.7 cm³/mol. The van der Waals surface area contributed by atoms with E-state index in [4.69, 9.17) is 4.52 Å². The fourth-order valence-corrected chi connectivity index (χ4v) is 3.19. The molecule has 1 aromatic carbocycles. The highest BCUT2D eigenvalue weighted by molar-refractivity contribution is 5.91. The molecule has 0 bridgehead atoms. The highest BCUT2D eigenvalue weighted by Gasteiger charge is 2.28. The molecule has 1 amide bonds. The van der Waals surface area contributed by atoms with Crippen molar-refractivity contribution in [3.8, 4) is 0 Å². The van der Waals surface area contributed by atoms with Gasteiger partial charge in [-0.25, -0.2) is 4.98 Å². The van der Waals surface area contributed by atoms with Gasteiger partial charge in [0, 0.05) is 19.2 Å². The second-order valence-corrected chi connectivity index (χ2v) is 5.90. The SMILES string of the molecule is O=C(c1ccno1)N1CCC[C@H](n2cnc3ccccc3c2=O)C1. The summed E-state index contributed by atoms with van der Waals surface area (Å²) in [6.07, 6.45) is 4.69. The first-order valence-corrected chi connectivity index (χ1v) is 7.90. The Morgan fingerprint density at radius 1 is 1.25 bits per heavy atom. The van der Waals surface area contributed by atoms with E-state index in [-0.39, 0.29) is 23.3 Å². The zero-order valence-corrected chi connectivity index (χ0v) is 13.0. The van der Waals surface area contributed by atoms with E-state index in [0.717, 1.165) is 12.8 Å². The first-order chi connectivity index (χ1) is 11.7. The van der Waals surface area contributed by atoms with Crippen LogP contribution in [0.15, 0.2) is 52.2 Å². The van der Waals surface area contributed by atoms with Crippen molar-refractivity contribution in [1.29, 1.82) is 0 Å². The smallest absolute Gasteiger partial charge is 0.292 e. The number of benzene rings is 1. The van der Waals surface area contributed by atoms with Crippen molar-refractivity contribution in [2.75, 3.05) is 13.1 Å². The molecule has 0 saturated carbocycles. The third-order valence-corrected chi connectivity index (χ3v) is 4.42. The molecule has 1 fully saturated rings. The van der Waals surface area contributed by atoms with Crippen LogP contribution in [-0.4, -0.2) is 38.6 Å². The van der Waals surface area contributed by atoms with Crippen LogP contribution in [0.2, 0.25) is 0 Å². The van der Waals surface area contributed by atoms with Gasteiger partial charge in [-0.05, 0) is 25.0 Å². The molecule has 0 radical (unpaired) electrons. The summed E-state index contributed by atoms with van der Waals surface area (Å²) in [5.74, 6) is 0.0265. The molecule has 0 spiro atoms. The van der Waals surface area contributed by atoms with E-state index in [1.165, 1.54) is 6.20 Å². The van der Waals surface area contributed by atoms with Crippen molar-refractivity contribution >= 4 is 16.8 Å². The molecule has 0 aliphatic carbocycles. The van der Waals surface area contributed by atoms with Crippen molar-refractivity contribution in [1.82, 2.24) is 19.6 Å². The lowest BCUT2D eigenvalue weighted by atomic mass is 10.0. The largest absolute Gasteiger partial charge is 0.351 e. The third-order valence-electron chi connectivity index (χ3n) is 4.42. The second-order valence-electron chi connectivity index (χ2n) is 5.90. The second kappa shape index (κ2) is 5.92. The fourth-order valence-electron chi connectivity index (χ4n) is 3.19. The first kappa shape index (κ1) is 14.6. The van der Waals surface area contributed by atoms with Crippen LogP contribution in [0.3, 0.4) is 0 Å². The summed E-state index contributed by atoms with van der Waals surface area (Å²) < 4.78 is 6.59. The molecule has 7 nitrogen and oxygen atoms in total. The molecular formula is C17H16N4O3. The van der Waals surface area contributed by atoms with Gasteiger partial charge in [0.15, 0.2) is 0 Å². The van der Waals surface area contributed by atoms with Crippen molar-refractivity contribution < 1.29 is 9.32 Å². The average Bonchev–Trinajstić information content (AvgIpc) is 3.16. The predicted octanol–water partition coefficient (Wildman–Crippen LogP) is 1.86. The molecule has 1 atom stereocenters. The van der Waals surface area contributed by atoms with Gasteiger partial charge in [0.2, 0.25) is 5.76 Å². The van der Waals surface area contributed by atoms with Gasteiger partial charge in [0.1, 0.15) is 0 Å². The lowest BCUT2D eigenvalue weighted by molar-refractivity contribution is 0.0635. The number of amides is 1. The zero-order chi connectivity index (χ0) is 16.5. The standard InChI is InChI=1S/C17H16N4O3/c22-16-13-5-1-2-6-14(13)18-11-21(16)12-4-3-9-20(10-12)17(23)15-7-8-19-24-15/h1-2,5-8,11-12H,3-4,9-10H2/t12-/m0/s1. The van der Waals surface area contributed by atoms with Gasteiger partial charge in [0.25, 0.3) is 11.5 Å². The highest BCUT2D eigenvalue weighted by Crippen LogP contribution is 2.22. The Morgan fingerprint density at radius 2 is 2.12 bits per heavy atom. The zero-order valence-electron chi connectivity index (χ0n) is 13.0. The maximum Gasteiger partial charge on any atom is 0.292 e. The van der Waals surface area contributed by atoms with Crippen molar-refractivity contribution in [3.63, 3.8) is 0 Å². The van der Waals surface area contributed by atoms with Crippen LogP contribution in [-0.2, 0) is 0 Å². The molecule has 3 aromatic rings. The molecule has 1 saturated heterocycles.